The van der Waals surface area contributed by atoms with Crippen LogP contribution in [0.4, 0.5) is 0 Å². The largest absolute Gasteiger partial charge is 0.336 e. The van der Waals surface area contributed by atoms with Crippen LogP contribution in [0.25, 0.3) is 0 Å². The summed E-state index contributed by atoms with van der Waals surface area (Å²) in [6, 6.07) is 5.74. The van der Waals surface area contributed by atoms with E-state index < -0.39 is 10.0 Å². The fraction of sp³-hybridized carbons (Fsp3) is 0.444. The minimum atomic E-state index is -3.71. The highest BCUT2D eigenvalue weighted by Crippen LogP contribution is 2.25. The second kappa shape index (κ2) is 7.57. The average molecular weight is 408 g/mol. The number of sulfonamides is 1. The second-order valence-electron chi connectivity index (χ2n) is 6.96. The summed E-state index contributed by atoms with van der Waals surface area (Å²) in [7, 11) is -1.90. The Labute approximate surface area is 164 Å². The molecule has 3 heterocycles. The number of hydrogen-bond acceptors (Lipinski definition) is 5. The Morgan fingerprint density at radius 1 is 1.30 bits per heavy atom. The quantitative estimate of drug-likeness (QED) is 0.653. The van der Waals surface area contributed by atoms with Gasteiger partial charge in [-0.25, -0.2) is 18.1 Å². The van der Waals surface area contributed by atoms with E-state index in [2.05, 4.69) is 14.8 Å². The van der Waals surface area contributed by atoms with Crippen molar-refractivity contribution in [1.29, 1.82) is 0 Å². The topological polar surface area (TPSA) is 81.8 Å². The number of hydrogen-bond donors (Lipinski definition) is 1. The summed E-state index contributed by atoms with van der Waals surface area (Å²) >= 11 is 1.59. The molecule has 0 saturated carbocycles. The van der Waals surface area contributed by atoms with Gasteiger partial charge in [0, 0.05) is 36.3 Å². The Morgan fingerprint density at radius 2 is 2.04 bits per heavy atom. The molecule has 1 N–H and O–H groups in total. The fourth-order valence-corrected chi connectivity index (χ4v) is 4.98. The highest BCUT2D eigenvalue weighted by atomic mass is 32.2. The highest BCUT2D eigenvalue weighted by Gasteiger charge is 2.24. The van der Waals surface area contributed by atoms with E-state index in [1.807, 2.05) is 63.0 Å². The van der Waals surface area contributed by atoms with Crippen LogP contribution >= 0.6 is 11.3 Å². The van der Waals surface area contributed by atoms with Gasteiger partial charge < -0.3 is 4.57 Å². The van der Waals surface area contributed by atoms with E-state index in [1.54, 1.807) is 22.1 Å². The van der Waals surface area contributed by atoms with Crippen LogP contribution < -0.4 is 4.72 Å². The Hall–Kier alpha value is -1.97. The van der Waals surface area contributed by atoms with Gasteiger partial charge in [0.15, 0.2) is 5.03 Å². The lowest BCUT2D eigenvalue weighted by Gasteiger charge is -2.18. The number of aromatic nitrogens is 4. The molecule has 7 nitrogen and oxygen atoms in total. The minimum Gasteiger partial charge on any atom is -0.336 e. The van der Waals surface area contributed by atoms with Crippen molar-refractivity contribution in [1.82, 2.24) is 24.1 Å². The number of nitrogens with one attached hydrogen (secondary N) is 1. The molecule has 3 aromatic heterocycles. The lowest BCUT2D eigenvalue weighted by molar-refractivity contribution is 0.499. The van der Waals surface area contributed by atoms with E-state index in [0.717, 1.165) is 22.1 Å². The van der Waals surface area contributed by atoms with Gasteiger partial charge in [0.2, 0.25) is 0 Å². The Morgan fingerprint density at radius 3 is 2.56 bits per heavy atom. The molecule has 0 fully saturated rings. The van der Waals surface area contributed by atoms with Crippen LogP contribution in [0, 0.1) is 13.8 Å². The van der Waals surface area contributed by atoms with Gasteiger partial charge >= 0.3 is 0 Å². The van der Waals surface area contributed by atoms with Crippen molar-refractivity contribution in [2.45, 2.75) is 44.7 Å². The molecule has 0 aliphatic carbocycles. The molecule has 0 saturated heterocycles. The predicted molar refractivity (Wildman–Crippen MR) is 107 cm³/mol. The molecule has 0 aliphatic heterocycles. The predicted octanol–water partition coefficient (Wildman–Crippen LogP) is 2.99. The number of nitrogens with zero attached hydrogens (tertiary/aromatic N) is 4. The van der Waals surface area contributed by atoms with Gasteiger partial charge in [-0.1, -0.05) is 19.9 Å². The van der Waals surface area contributed by atoms with Crippen molar-refractivity contribution in [2.24, 2.45) is 7.05 Å². The van der Waals surface area contributed by atoms with Gasteiger partial charge in [0.1, 0.15) is 5.82 Å². The maximum absolute atomic E-state index is 12.8. The first-order valence-corrected chi connectivity index (χ1v) is 11.1. The molecule has 0 radical (unpaired) electrons. The number of aryl methyl sites for hydroxylation is 3. The van der Waals surface area contributed by atoms with E-state index in [1.165, 1.54) is 0 Å². The third-order valence-electron chi connectivity index (χ3n) is 4.36. The van der Waals surface area contributed by atoms with Gasteiger partial charge in [-0.15, -0.1) is 11.3 Å². The maximum Gasteiger partial charge on any atom is 0.259 e. The Bertz CT molecular complexity index is 1020. The van der Waals surface area contributed by atoms with Gasteiger partial charge in [0.05, 0.1) is 11.7 Å². The molecule has 27 heavy (non-hydrogen) atoms. The average Bonchev–Trinajstić information content (AvgIpc) is 3.29. The summed E-state index contributed by atoms with van der Waals surface area (Å²) in [6.07, 6.45) is 1.56. The molecular weight excluding hydrogens is 382 g/mol. The first-order valence-electron chi connectivity index (χ1n) is 8.78. The van der Waals surface area contributed by atoms with Gasteiger partial charge in [-0.3, -0.25) is 4.68 Å². The van der Waals surface area contributed by atoms with E-state index in [9.17, 15) is 8.42 Å². The van der Waals surface area contributed by atoms with Crippen molar-refractivity contribution in [3.8, 4) is 0 Å². The molecule has 0 amide bonds. The molecule has 0 spiro atoms. The van der Waals surface area contributed by atoms with Crippen molar-refractivity contribution in [3.63, 3.8) is 0 Å². The molecule has 3 aromatic rings. The standard InChI is InChI=1S/C18H25N5O2S2/c1-12(2)18-20-17(11-22(18)5)27(24,25)19-10-15(16-7-6-8-26-16)23-14(4)9-13(3)21-23/h6-9,11-12,15,19H,10H2,1-5H3. The summed E-state index contributed by atoms with van der Waals surface area (Å²) in [5.41, 5.74) is 1.90. The summed E-state index contributed by atoms with van der Waals surface area (Å²) in [6.45, 7) is 8.09. The number of thiophene rings is 1. The van der Waals surface area contributed by atoms with Crippen LogP contribution in [-0.2, 0) is 17.1 Å². The molecule has 0 bridgehead atoms. The van der Waals surface area contributed by atoms with E-state index >= 15 is 0 Å². The molecule has 0 aromatic carbocycles. The van der Waals surface area contributed by atoms with Gasteiger partial charge in [0.25, 0.3) is 10.0 Å². The van der Waals surface area contributed by atoms with Crippen molar-refractivity contribution >= 4 is 21.4 Å². The molecule has 9 heteroatoms. The second-order valence-corrected chi connectivity index (χ2v) is 9.65. The van der Waals surface area contributed by atoms with Crippen LogP contribution in [0.15, 0.2) is 34.8 Å². The van der Waals surface area contributed by atoms with Crippen molar-refractivity contribution in [2.75, 3.05) is 6.54 Å². The zero-order valence-corrected chi connectivity index (χ0v) is 17.8. The van der Waals surface area contributed by atoms with Crippen LogP contribution in [0.5, 0.6) is 0 Å². The molecule has 146 valence electrons. The molecular formula is C18H25N5O2S2. The summed E-state index contributed by atoms with van der Waals surface area (Å²) in [5, 5.41) is 6.58. The fourth-order valence-electron chi connectivity index (χ4n) is 3.13. The van der Waals surface area contributed by atoms with Gasteiger partial charge in [-0.05, 0) is 31.4 Å². The summed E-state index contributed by atoms with van der Waals surface area (Å²) in [4.78, 5) is 5.36. The lowest BCUT2D eigenvalue weighted by Crippen LogP contribution is -2.32. The first-order chi connectivity index (χ1) is 12.7. The lowest BCUT2D eigenvalue weighted by atomic mass is 10.2. The molecule has 3 rings (SSSR count). The smallest absolute Gasteiger partial charge is 0.259 e. The van der Waals surface area contributed by atoms with E-state index in [4.69, 9.17) is 0 Å². The Kier molecular flexibility index (Phi) is 5.55. The molecule has 1 atom stereocenters. The third kappa shape index (κ3) is 4.15. The summed E-state index contributed by atoms with van der Waals surface area (Å²) < 4.78 is 32.0. The zero-order chi connectivity index (χ0) is 19.8. The van der Waals surface area contributed by atoms with Crippen LogP contribution in [0.1, 0.15) is 47.9 Å². The van der Waals surface area contributed by atoms with Gasteiger partial charge in [-0.2, -0.15) is 5.10 Å². The number of imidazole rings is 1. The number of rotatable bonds is 7. The first kappa shape index (κ1) is 19.8. The van der Waals surface area contributed by atoms with E-state index in [0.29, 0.717) is 0 Å². The monoisotopic (exact) mass is 407 g/mol. The minimum absolute atomic E-state index is 0.0481. The van der Waals surface area contributed by atoms with Crippen molar-refractivity contribution in [3.05, 3.63) is 51.9 Å². The highest BCUT2D eigenvalue weighted by molar-refractivity contribution is 7.89. The zero-order valence-electron chi connectivity index (χ0n) is 16.2. The van der Waals surface area contributed by atoms with Crippen molar-refractivity contribution < 1.29 is 8.42 Å². The third-order valence-corrected chi connectivity index (χ3v) is 6.63. The van der Waals surface area contributed by atoms with Crippen LogP contribution in [-0.4, -0.2) is 34.3 Å². The van der Waals surface area contributed by atoms with Crippen LogP contribution in [0.3, 0.4) is 0 Å². The normalized spacial score (nSPS) is 13.4. The van der Waals surface area contributed by atoms with Crippen LogP contribution in [0.2, 0.25) is 0 Å². The SMILES string of the molecule is Cc1cc(C)n(C(CNS(=O)(=O)c2cn(C)c(C(C)C)n2)c2cccs2)n1. The maximum atomic E-state index is 12.8. The Balaban J connectivity index is 1.87. The van der Waals surface area contributed by atoms with E-state index in [-0.39, 0.29) is 23.5 Å². The molecule has 1 unspecified atom stereocenters. The molecule has 0 aliphatic rings. The summed E-state index contributed by atoms with van der Waals surface area (Å²) in [5.74, 6) is 0.885.